The number of benzene rings is 1. The lowest BCUT2D eigenvalue weighted by Gasteiger charge is -2.36. The molecule has 1 atom stereocenters. The van der Waals surface area contributed by atoms with Gasteiger partial charge in [0.15, 0.2) is 0 Å². The van der Waals surface area contributed by atoms with Crippen molar-refractivity contribution in [2.45, 2.75) is 25.8 Å². The van der Waals surface area contributed by atoms with E-state index in [2.05, 4.69) is 10.2 Å². The van der Waals surface area contributed by atoms with Gasteiger partial charge >= 0.3 is 12.0 Å². The van der Waals surface area contributed by atoms with E-state index < -0.39 is 12.0 Å². The number of para-hydroxylation sites is 2. The molecule has 0 fully saturated rings. The maximum atomic E-state index is 12.4. The Labute approximate surface area is 124 Å². The Morgan fingerprint density at radius 3 is 2.57 bits per heavy atom. The minimum atomic E-state index is -0.993. The lowest BCUT2D eigenvalue weighted by Crippen LogP contribution is -2.51. The number of hydrogen-bond donors (Lipinski definition) is 2. The van der Waals surface area contributed by atoms with E-state index in [1.54, 1.807) is 4.90 Å². The molecule has 0 aromatic heterocycles. The van der Waals surface area contributed by atoms with Crippen LogP contribution in [-0.4, -0.2) is 43.3 Å². The van der Waals surface area contributed by atoms with Crippen molar-refractivity contribution < 1.29 is 14.7 Å². The fourth-order valence-corrected chi connectivity index (χ4v) is 2.49. The molecule has 1 aliphatic rings. The molecule has 0 saturated carbocycles. The van der Waals surface area contributed by atoms with E-state index in [4.69, 9.17) is 5.11 Å². The van der Waals surface area contributed by atoms with E-state index in [1.165, 1.54) is 0 Å². The van der Waals surface area contributed by atoms with Crippen molar-refractivity contribution in [2.24, 2.45) is 0 Å². The monoisotopic (exact) mass is 291 g/mol. The first kappa shape index (κ1) is 15.2. The molecule has 6 nitrogen and oxygen atoms in total. The summed E-state index contributed by atoms with van der Waals surface area (Å²) in [6.07, 6.45) is 1.13. The summed E-state index contributed by atoms with van der Waals surface area (Å²) in [5, 5.41) is 11.8. The molecule has 2 amide bonds. The first-order valence-corrected chi connectivity index (χ1v) is 7.15. The highest BCUT2D eigenvalue weighted by molar-refractivity contribution is 5.98. The molecule has 1 aromatic carbocycles. The van der Waals surface area contributed by atoms with Crippen LogP contribution in [0, 0.1) is 0 Å². The second-order valence-electron chi connectivity index (χ2n) is 5.19. The zero-order valence-corrected chi connectivity index (χ0v) is 12.4. The SMILES string of the molecule is CCC[C@@H](NC(=O)N1CCN(C)c2ccccc21)C(=O)O. The number of aliphatic carboxylic acids is 1. The summed E-state index contributed by atoms with van der Waals surface area (Å²) in [5.41, 5.74) is 1.78. The van der Waals surface area contributed by atoms with Gasteiger partial charge in [-0.05, 0) is 18.6 Å². The fourth-order valence-electron chi connectivity index (χ4n) is 2.49. The molecular weight excluding hydrogens is 270 g/mol. The van der Waals surface area contributed by atoms with Gasteiger partial charge in [-0.15, -0.1) is 0 Å². The number of amides is 2. The van der Waals surface area contributed by atoms with Crippen LogP contribution >= 0.6 is 0 Å². The molecule has 0 radical (unpaired) electrons. The number of urea groups is 1. The average molecular weight is 291 g/mol. The lowest BCUT2D eigenvalue weighted by atomic mass is 10.1. The van der Waals surface area contributed by atoms with Gasteiger partial charge in [0.05, 0.1) is 11.4 Å². The third-order valence-corrected chi connectivity index (χ3v) is 3.66. The number of nitrogens with zero attached hydrogens (tertiary/aromatic N) is 2. The topological polar surface area (TPSA) is 72.9 Å². The second kappa shape index (κ2) is 6.47. The standard InChI is InChI=1S/C15H21N3O3/c1-3-6-11(14(19)20)16-15(21)18-10-9-17(2)12-7-4-5-8-13(12)18/h4-5,7-8,11H,3,6,9-10H2,1-2H3,(H,16,21)(H,19,20)/t11-/m1/s1. The predicted molar refractivity (Wildman–Crippen MR) is 81.9 cm³/mol. The van der Waals surface area contributed by atoms with Crippen molar-refractivity contribution in [2.75, 3.05) is 29.9 Å². The number of fused-ring (bicyclic) bond motifs is 1. The van der Waals surface area contributed by atoms with Crippen LogP contribution in [-0.2, 0) is 4.79 Å². The van der Waals surface area contributed by atoms with Crippen molar-refractivity contribution in [3.63, 3.8) is 0 Å². The summed E-state index contributed by atoms with van der Waals surface area (Å²) < 4.78 is 0. The molecular formula is C15H21N3O3. The van der Waals surface area contributed by atoms with Gasteiger partial charge in [0.25, 0.3) is 0 Å². The van der Waals surface area contributed by atoms with Crippen molar-refractivity contribution in [3.05, 3.63) is 24.3 Å². The van der Waals surface area contributed by atoms with Crippen molar-refractivity contribution in [1.82, 2.24) is 5.32 Å². The number of rotatable bonds is 4. The van der Waals surface area contributed by atoms with Gasteiger partial charge in [0.1, 0.15) is 6.04 Å². The number of carboxylic acids is 1. The molecule has 0 saturated heterocycles. The molecule has 1 heterocycles. The van der Waals surface area contributed by atoms with Gasteiger partial charge in [0, 0.05) is 20.1 Å². The van der Waals surface area contributed by atoms with Gasteiger partial charge in [-0.25, -0.2) is 9.59 Å². The van der Waals surface area contributed by atoms with Crippen molar-refractivity contribution in [1.29, 1.82) is 0 Å². The third kappa shape index (κ3) is 3.26. The molecule has 114 valence electrons. The molecule has 0 spiro atoms. The van der Waals surface area contributed by atoms with Crippen LogP contribution < -0.4 is 15.1 Å². The smallest absolute Gasteiger partial charge is 0.326 e. The van der Waals surface area contributed by atoms with Crippen LogP contribution in [0.3, 0.4) is 0 Å². The fraction of sp³-hybridized carbons (Fsp3) is 0.467. The quantitative estimate of drug-likeness (QED) is 0.888. The summed E-state index contributed by atoms with van der Waals surface area (Å²) in [6, 6.07) is 6.44. The van der Waals surface area contributed by atoms with E-state index in [9.17, 15) is 9.59 Å². The maximum Gasteiger partial charge on any atom is 0.326 e. The number of anilines is 2. The first-order valence-electron chi connectivity index (χ1n) is 7.15. The molecule has 2 rings (SSSR count). The number of carbonyl (C=O) groups is 2. The van der Waals surface area contributed by atoms with Gasteiger partial charge < -0.3 is 15.3 Å². The van der Waals surface area contributed by atoms with Crippen LogP contribution in [0.4, 0.5) is 16.2 Å². The van der Waals surface area contributed by atoms with Crippen molar-refractivity contribution in [3.8, 4) is 0 Å². The van der Waals surface area contributed by atoms with Crippen LogP contribution in [0.2, 0.25) is 0 Å². The highest BCUT2D eigenvalue weighted by atomic mass is 16.4. The molecule has 21 heavy (non-hydrogen) atoms. The molecule has 6 heteroatoms. The Bertz CT molecular complexity index is 533. The minimum absolute atomic E-state index is 0.351. The Kier molecular flexibility index (Phi) is 4.67. The van der Waals surface area contributed by atoms with Crippen molar-refractivity contribution >= 4 is 23.4 Å². The van der Waals surface area contributed by atoms with Crippen LogP contribution in [0.15, 0.2) is 24.3 Å². The summed E-state index contributed by atoms with van der Waals surface area (Å²) in [5.74, 6) is -0.993. The maximum absolute atomic E-state index is 12.4. The number of likely N-dealkylation sites (N-methyl/N-ethyl adjacent to an activating group) is 1. The number of carbonyl (C=O) groups excluding carboxylic acids is 1. The highest BCUT2D eigenvalue weighted by Gasteiger charge is 2.27. The van der Waals surface area contributed by atoms with Gasteiger partial charge in [0.2, 0.25) is 0 Å². The van der Waals surface area contributed by atoms with Crippen LogP contribution in [0.25, 0.3) is 0 Å². The molecule has 2 N–H and O–H groups in total. The number of hydrogen-bond acceptors (Lipinski definition) is 3. The summed E-state index contributed by atoms with van der Waals surface area (Å²) >= 11 is 0. The van der Waals surface area contributed by atoms with E-state index in [1.807, 2.05) is 38.2 Å². The zero-order valence-electron chi connectivity index (χ0n) is 12.4. The van der Waals surface area contributed by atoms with Gasteiger partial charge in [-0.3, -0.25) is 4.90 Å². The van der Waals surface area contributed by atoms with E-state index >= 15 is 0 Å². The Morgan fingerprint density at radius 1 is 1.29 bits per heavy atom. The first-order chi connectivity index (χ1) is 10.0. The van der Waals surface area contributed by atoms with Crippen LogP contribution in [0.5, 0.6) is 0 Å². The predicted octanol–water partition coefficient (Wildman–Crippen LogP) is 1.91. The molecule has 0 bridgehead atoms. The molecule has 1 aromatic rings. The van der Waals surface area contributed by atoms with E-state index in [-0.39, 0.29) is 6.03 Å². The summed E-state index contributed by atoms with van der Waals surface area (Å²) in [4.78, 5) is 27.2. The van der Waals surface area contributed by atoms with Gasteiger partial charge in [-0.2, -0.15) is 0 Å². The number of carboxylic acid groups (broad SMARTS) is 1. The minimum Gasteiger partial charge on any atom is -0.480 e. The zero-order chi connectivity index (χ0) is 15.4. The number of nitrogens with one attached hydrogen (secondary N) is 1. The summed E-state index contributed by atoms with van der Waals surface area (Å²) in [7, 11) is 1.98. The largest absolute Gasteiger partial charge is 0.480 e. The van der Waals surface area contributed by atoms with Gasteiger partial charge in [-0.1, -0.05) is 25.5 Å². The lowest BCUT2D eigenvalue weighted by molar-refractivity contribution is -0.139. The van der Waals surface area contributed by atoms with E-state index in [0.717, 1.165) is 17.9 Å². The average Bonchev–Trinajstić information content (AvgIpc) is 2.47. The Morgan fingerprint density at radius 2 is 1.95 bits per heavy atom. The third-order valence-electron chi connectivity index (χ3n) is 3.66. The molecule has 1 aliphatic heterocycles. The highest BCUT2D eigenvalue weighted by Crippen LogP contribution is 2.31. The molecule has 0 aliphatic carbocycles. The van der Waals surface area contributed by atoms with Crippen LogP contribution in [0.1, 0.15) is 19.8 Å². The summed E-state index contributed by atoms with van der Waals surface area (Å²) in [6.45, 7) is 3.15. The Hall–Kier alpha value is -2.24. The Balaban J connectivity index is 2.17. The normalized spacial score (nSPS) is 15.3. The molecule has 0 unspecified atom stereocenters. The van der Waals surface area contributed by atoms with E-state index in [0.29, 0.717) is 19.4 Å². The second-order valence-corrected chi connectivity index (χ2v) is 5.19.